The van der Waals surface area contributed by atoms with Crippen LogP contribution in [0.2, 0.25) is 0 Å². The number of nitrogens with one attached hydrogen (secondary N) is 1. The van der Waals surface area contributed by atoms with E-state index in [1.807, 2.05) is 0 Å². The monoisotopic (exact) mass is 303 g/mol. The fraction of sp³-hybridized carbons (Fsp3) is 0.538. The molecule has 6 nitrogen and oxygen atoms in total. The molecule has 0 bridgehead atoms. The minimum Gasteiger partial charge on any atom is -0.507 e. The fourth-order valence-corrected chi connectivity index (χ4v) is 2.38. The molecule has 0 aliphatic carbocycles. The number of aromatic hydroxyl groups is 1. The number of phenols is 1. The first-order valence-electron chi connectivity index (χ1n) is 6.14. The van der Waals surface area contributed by atoms with E-state index in [0.29, 0.717) is 5.56 Å². The van der Waals surface area contributed by atoms with E-state index in [9.17, 15) is 18.6 Å². The molecule has 0 spiro atoms. The summed E-state index contributed by atoms with van der Waals surface area (Å²) in [4.78, 5) is -0.213. The molecule has 0 saturated carbocycles. The molecule has 0 fully saturated rings. The Bertz CT molecular complexity index is 568. The summed E-state index contributed by atoms with van der Waals surface area (Å²) in [5, 5.41) is 31.7. The standard InChI is InChI=1S/C13H21NO5S/c1-13(2,8-15)14-7-11(17)9-4-5-10(16)12(6-9)20(3,18)19/h4-6,11,14-17H,7-8H2,1-3H3. The third-order valence-corrected chi connectivity index (χ3v) is 4.06. The second kappa shape index (κ2) is 6.09. The highest BCUT2D eigenvalue weighted by atomic mass is 32.2. The van der Waals surface area contributed by atoms with E-state index in [2.05, 4.69) is 5.32 Å². The van der Waals surface area contributed by atoms with Gasteiger partial charge in [-0.2, -0.15) is 0 Å². The third-order valence-electron chi connectivity index (χ3n) is 2.94. The average molecular weight is 303 g/mol. The lowest BCUT2D eigenvalue weighted by Crippen LogP contribution is -2.44. The summed E-state index contributed by atoms with van der Waals surface area (Å²) in [5.74, 6) is -0.341. The molecule has 0 heterocycles. The molecule has 4 N–H and O–H groups in total. The maximum atomic E-state index is 11.5. The zero-order valence-corrected chi connectivity index (χ0v) is 12.6. The normalized spacial score (nSPS) is 14.2. The van der Waals surface area contributed by atoms with E-state index in [0.717, 1.165) is 6.26 Å². The van der Waals surface area contributed by atoms with Gasteiger partial charge >= 0.3 is 0 Å². The van der Waals surface area contributed by atoms with Crippen molar-refractivity contribution in [3.05, 3.63) is 23.8 Å². The zero-order chi connectivity index (χ0) is 15.6. The molecule has 0 aliphatic heterocycles. The van der Waals surface area contributed by atoms with E-state index >= 15 is 0 Å². The first kappa shape index (κ1) is 16.9. The van der Waals surface area contributed by atoms with Crippen LogP contribution in [0.15, 0.2) is 23.1 Å². The lowest BCUT2D eigenvalue weighted by atomic mass is 10.0. The highest BCUT2D eigenvalue weighted by Crippen LogP contribution is 2.26. The summed E-state index contributed by atoms with van der Waals surface area (Å²) in [7, 11) is -3.56. The molecule has 1 atom stereocenters. The molecule has 1 aromatic rings. The zero-order valence-electron chi connectivity index (χ0n) is 11.8. The van der Waals surface area contributed by atoms with Crippen molar-refractivity contribution in [2.75, 3.05) is 19.4 Å². The van der Waals surface area contributed by atoms with Crippen molar-refractivity contribution >= 4 is 9.84 Å². The molecule has 1 unspecified atom stereocenters. The maximum Gasteiger partial charge on any atom is 0.179 e. The van der Waals surface area contributed by atoms with Gasteiger partial charge in [-0.05, 0) is 31.5 Å². The Morgan fingerprint density at radius 1 is 1.35 bits per heavy atom. The lowest BCUT2D eigenvalue weighted by Gasteiger charge is -2.25. The average Bonchev–Trinajstić information content (AvgIpc) is 2.35. The molecule has 1 rings (SSSR count). The third kappa shape index (κ3) is 4.45. The van der Waals surface area contributed by atoms with Gasteiger partial charge in [0.15, 0.2) is 9.84 Å². The van der Waals surface area contributed by atoms with Gasteiger partial charge in [-0.3, -0.25) is 0 Å². The summed E-state index contributed by atoms with van der Waals surface area (Å²) in [5.41, 5.74) is -0.165. The van der Waals surface area contributed by atoms with Crippen molar-refractivity contribution in [1.82, 2.24) is 5.32 Å². The minimum absolute atomic E-state index is 0.0934. The van der Waals surface area contributed by atoms with Crippen molar-refractivity contribution in [2.45, 2.75) is 30.4 Å². The summed E-state index contributed by atoms with van der Waals surface area (Å²) < 4.78 is 23.0. The number of phenolic OH excluding ortho intramolecular Hbond substituents is 1. The topological polar surface area (TPSA) is 107 Å². The quantitative estimate of drug-likeness (QED) is 0.598. The van der Waals surface area contributed by atoms with Crippen LogP contribution in [-0.4, -0.2) is 48.7 Å². The van der Waals surface area contributed by atoms with Crippen molar-refractivity contribution < 1.29 is 23.7 Å². The minimum atomic E-state index is -3.56. The maximum absolute atomic E-state index is 11.5. The van der Waals surface area contributed by atoms with Crippen LogP contribution in [0.3, 0.4) is 0 Å². The molecule has 0 radical (unpaired) electrons. The Kier molecular flexibility index (Phi) is 5.15. The van der Waals surface area contributed by atoms with Gasteiger partial charge in [0, 0.05) is 18.3 Å². The number of hydrogen-bond acceptors (Lipinski definition) is 6. The van der Waals surface area contributed by atoms with Crippen LogP contribution in [0, 0.1) is 0 Å². The Balaban J connectivity index is 2.93. The second-order valence-corrected chi connectivity index (χ2v) is 7.42. The number of rotatable bonds is 6. The van der Waals surface area contributed by atoms with Crippen LogP contribution in [0.1, 0.15) is 25.5 Å². The number of aliphatic hydroxyl groups is 2. The molecule has 7 heteroatoms. The van der Waals surface area contributed by atoms with E-state index in [1.165, 1.54) is 18.2 Å². The SMILES string of the molecule is CC(C)(CO)NCC(O)c1ccc(O)c(S(C)(=O)=O)c1. The number of benzene rings is 1. The molecule has 0 saturated heterocycles. The number of aliphatic hydroxyl groups excluding tert-OH is 2. The molecule has 20 heavy (non-hydrogen) atoms. The molecular weight excluding hydrogens is 282 g/mol. The smallest absolute Gasteiger partial charge is 0.179 e. The van der Waals surface area contributed by atoms with Gasteiger partial charge in [0.2, 0.25) is 0 Å². The van der Waals surface area contributed by atoms with Gasteiger partial charge in [0.25, 0.3) is 0 Å². The summed E-state index contributed by atoms with van der Waals surface area (Å²) in [6.07, 6.45) is 0.0487. The largest absolute Gasteiger partial charge is 0.507 e. The van der Waals surface area contributed by atoms with Crippen molar-refractivity contribution in [3.63, 3.8) is 0 Å². The van der Waals surface area contributed by atoms with Crippen LogP contribution in [0.25, 0.3) is 0 Å². The predicted molar refractivity (Wildman–Crippen MR) is 75.3 cm³/mol. The summed E-state index contributed by atoms with van der Waals surface area (Å²) in [6, 6.07) is 3.96. The van der Waals surface area contributed by atoms with Gasteiger partial charge in [-0.15, -0.1) is 0 Å². The first-order valence-corrected chi connectivity index (χ1v) is 8.03. The predicted octanol–water partition coefficient (Wildman–Crippen LogP) is 0.190. The van der Waals surface area contributed by atoms with E-state index in [4.69, 9.17) is 5.11 Å². The second-order valence-electron chi connectivity index (χ2n) is 5.44. The van der Waals surface area contributed by atoms with Gasteiger partial charge in [-0.25, -0.2) is 8.42 Å². The highest BCUT2D eigenvalue weighted by Gasteiger charge is 2.20. The van der Waals surface area contributed by atoms with Crippen LogP contribution in [0.4, 0.5) is 0 Å². The fourth-order valence-electron chi connectivity index (χ4n) is 1.58. The Hall–Kier alpha value is -1.15. The van der Waals surface area contributed by atoms with E-state index in [1.54, 1.807) is 13.8 Å². The van der Waals surface area contributed by atoms with Crippen LogP contribution < -0.4 is 5.32 Å². The van der Waals surface area contributed by atoms with Gasteiger partial charge in [0.05, 0.1) is 12.7 Å². The Labute approximate surface area is 119 Å². The molecule has 0 aromatic heterocycles. The molecule has 0 aliphatic rings. The van der Waals surface area contributed by atoms with Gasteiger partial charge < -0.3 is 20.6 Å². The summed E-state index contributed by atoms with van der Waals surface area (Å²) in [6.45, 7) is 3.61. The van der Waals surface area contributed by atoms with Crippen LogP contribution in [-0.2, 0) is 9.84 Å². The van der Waals surface area contributed by atoms with Gasteiger partial charge in [0.1, 0.15) is 10.6 Å². The highest BCUT2D eigenvalue weighted by molar-refractivity contribution is 7.90. The van der Waals surface area contributed by atoms with E-state index in [-0.39, 0.29) is 23.8 Å². The summed E-state index contributed by atoms with van der Waals surface area (Å²) >= 11 is 0. The van der Waals surface area contributed by atoms with Crippen molar-refractivity contribution in [1.29, 1.82) is 0 Å². The molecular formula is C13H21NO5S. The lowest BCUT2D eigenvalue weighted by molar-refractivity contribution is 0.136. The molecule has 0 amide bonds. The van der Waals surface area contributed by atoms with Crippen molar-refractivity contribution in [2.24, 2.45) is 0 Å². The molecule has 1 aromatic carbocycles. The Morgan fingerprint density at radius 3 is 2.45 bits per heavy atom. The van der Waals surface area contributed by atoms with Gasteiger partial charge in [-0.1, -0.05) is 6.07 Å². The van der Waals surface area contributed by atoms with Crippen molar-refractivity contribution in [3.8, 4) is 5.75 Å². The number of β-amino-alcohol motifs (C(OH)–C–C–N with tert-alkyl or cyclic N) is 1. The first-order chi connectivity index (χ1) is 9.07. The number of sulfone groups is 1. The van der Waals surface area contributed by atoms with Crippen LogP contribution in [0.5, 0.6) is 5.75 Å². The van der Waals surface area contributed by atoms with E-state index < -0.39 is 21.5 Å². The number of hydrogen-bond donors (Lipinski definition) is 4. The van der Waals surface area contributed by atoms with Crippen LogP contribution >= 0.6 is 0 Å². The Morgan fingerprint density at radius 2 is 1.95 bits per heavy atom. The molecule has 114 valence electrons.